The van der Waals surface area contributed by atoms with Crippen molar-refractivity contribution in [3.05, 3.63) is 53.9 Å². The number of piperidine rings is 1. The molecule has 2 saturated heterocycles. The van der Waals surface area contributed by atoms with Crippen LogP contribution in [-0.4, -0.2) is 69.0 Å². The summed E-state index contributed by atoms with van der Waals surface area (Å²) in [6.07, 6.45) is 6.19. The van der Waals surface area contributed by atoms with E-state index in [0.717, 1.165) is 31.2 Å². The van der Waals surface area contributed by atoms with Crippen LogP contribution in [0.3, 0.4) is 0 Å². The maximum atomic E-state index is 15.5. The molecule has 0 unspecified atom stereocenters. The fourth-order valence-electron chi connectivity index (χ4n) is 5.91. The highest BCUT2D eigenvalue weighted by Crippen LogP contribution is 2.41. The van der Waals surface area contributed by atoms with Crippen molar-refractivity contribution in [3.8, 4) is 5.75 Å². The first-order valence-electron chi connectivity index (χ1n) is 15.4. The number of carbonyl (C=O) groups is 1. The number of carbonyl (C=O) groups excluding carboxylic acids is 1. The minimum Gasteiger partial charge on any atom is -0.491 e. The van der Waals surface area contributed by atoms with Crippen LogP contribution in [0.2, 0.25) is 0 Å². The lowest BCUT2D eigenvalue weighted by atomic mass is 9.86. The third-order valence-electron chi connectivity index (χ3n) is 8.60. The number of fused-ring (bicyclic) bond motifs is 1. The van der Waals surface area contributed by atoms with Crippen molar-refractivity contribution in [2.45, 2.75) is 57.4 Å². The topological polar surface area (TPSA) is 114 Å². The molecule has 0 spiro atoms. The average molecular weight is 630 g/mol. The van der Waals surface area contributed by atoms with Gasteiger partial charge in [-0.1, -0.05) is 18.2 Å². The summed E-state index contributed by atoms with van der Waals surface area (Å²) in [4.78, 5) is 21.7. The van der Waals surface area contributed by atoms with Crippen LogP contribution in [0, 0.1) is 5.92 Å². The Balaban J connectivity index is 1.42. The number of nitrogens with one attached hydrogen (secondary N) is 2. The smallest absolute Gasteiger partial charge is 0.276 e. The number of aromatic nitrogens is 2. The molecule has 2 aliphatic rings. The molecule has 1 atom stereocenters. The number of halogens is 2. The second-order valence-electron chi connectivity index (χ2n) is 11.7. The lowest BCUT2D eigenvalue weighted by Gasteiger charge is -2.31. The third-order valence-corrected chi connectivity index (χ3v) is 10.2. The number of unbranched alkanes of at least 4 members (excludes halogenated alkanes) is 3. The van der Waals surface area contributed by atoms with Gasteiger partial charge in [-0.15, -0.1) is 0 Å². The molecule has 0 bridgehead atoms. The molecular formula is C32H41F2N5O4S. The molecule has 2 aromatic carbocycles. The summed E-state index contributed by atoms with van der Waals surface area (Å²) in [7, 11) is -3.07. The molecule has 0 aliphatic carbocycles. The van der Waals surface area contributed by atoms with Gasteiger partial charge < -0.3 is 25.1 Å². The van der Waals surface area contributed by atoms with Crippen LogP contribution in [0.15, 0.2) is 42.7 Å². The van der Waals surface area contributed by atoms with Gasteiger partial charge in [-0.3, -0.25) is 0 Å². The lowest BCUT2D eigenvalue weighted by Crippen LogP contribution is -2.40. The van der Waals surface area contributed by atoms with Crippen molar-refractivity contribution in [2.75, 3.05) is 54.5 Å². The molecule has 12 heteroatoms. The molecule has 2 N–H and O–H groups in total. The van der Waals surface area contributed by atoms with Crippen LogP contribution < -0.4 is 20.3 Å². The second-order valence-corrected chi connectivity index (χ2v) is 14.0. The third kappa shape index (κ3) is 7.63. The number of ether oxygens (including phenoxy) is 1. The van der Waals surface area contributed by atoms with Crippen molar-refractivity contribution in [1.82, 2.24) is 15.3 Å². The summed E-state index contributed by atoms with van der Waals surface area (Å²) in [5, 5.41) is 7.26. The number of hydrogen-bond acceptors (Lipinski definition) is 9. The minimum atomic E-state index is -3.07. The highest BCUT2D eigenvalue weighted by atomic mass is 32.2. The largest absolute Gasteiger partial charge is 0.491 e. The predicted molar refractivity (Wildman–Crippen MR) is 168 cm³/mol. The highest BCUT2D eigenvalue weighted by molar-refractivity contribution is 7.91. The minimum absolute atomic E-state index is 0.0225. The number of aldehydes is 1. The number of nitrogens with zero attached hydrogens (tertiary/aromatic N) is 3. The summed E-state index contributed by atoms with van der Waals surface area (Å²) >= 11 is 0. The Bertz CT molecular complexity index is 1530. The Kier molecular flexibility index (Phi) is 10.3. The summed E-state index contributed by atoms with van der Waals surface area (Å²) in [6.45, 7) is 4.27. The first-order chi connectivity index (χ1) is 21.2. The van der Waals surface area contributed by atoms with E-state index in [1.165, 1.54) is 12.4 Å². The Labute approximate surface area is 257 Å². The molecule has 238 valence electrons. The molecule has 0 saturated carbocycles. The summed E-state index contributed by atoms with van der Waals surface area (Å²) in [5.74, 6) is -2.38. The standard InChI is InChI=1S/C32H41F2N5O4S/c1-23(24-7-6-8-26(19-24)32(33,34)25-9-11-35-12-10-25)38-31-28-20-27(39-13-17-44(41,42)18-14-39)21-29(30(28)36-22-37-31)43-16-5-3-2-4-15-40/h6-8,15,19-23,25,35H,2-5,9-14,16-18H2,1H3,(H,36,37,38)/t23-/m1/s1. The van der Waals surface area contributed by atoms with Crippen molar-refractivity contribution in [1.29, 1.82) is 0 Å². The van der Waals surface area contributed by atoms with Crippen LogP contribution in [0.25, 0.3) is 10.9 Å². The fourth-order valence-corrected chi connectivity index (χ4v) is 7.11. The molecule has 9 nitrogen and oxygen atoms in total. The van der Waals surface area contributed by atoms with Gasteiger partial charge in [0.1, 0.15) is 29.7 Å². The van der Waals surface area contributed by atoms with E-state index >= 15 is 8.78 Å². The SMILES string of the molecule is C[C@@H](Nc1ncnc2c(OCCCCCC=O)cc(N3CCS(=O)(=O)CC3)cc12)c1cccc(C(F)(F)C2CCNCC2)c1. The molecule has 1 aromatic heterocycles. The van der Waals surface area contributed by atoms with E-state index in [9.17, 15) is 13.2 Å². The monoisotopic (exact) mass is 629 g/mol. The van der Waals surface area contributed by atoms with Crippen LogP contribution >= 0.6 is 0 Å². The summed E-state index contributed by atoms with van der Waals surface area (Å²) < 4.78 is 61.3. The number of rotatable bonds is 13. The van der Waals surface area contributed by atoms with Gasteiger partial charge in [0.05, 0.1) is 18.1 Å². The zero-order valence-corrected chi connectivity index (χ0v) is 25.9. The van der Waals surface area contributed by atoms with E-state index in [4.69, 9.17) is 4.74 Å². The normalized spacial score (nSPS) is 18.2. The van der Waals surface area contributed by atoms with E-state index in [1.807, 2.05) is 30.0 Å². The second kappa shape index (κ2) is 14.2. The van der Waals surface area contributed by atoms with Gasteiger partial charge >= 0.3 is 0 Å². The predicted octanol–water partition coefficient (Wildman–Crippen LogP) is 5.27. The fraction of sp³-hybridized carbons (Fsp3) is 0.531. The number of alkyl halides is 2. The Morgan fingerprint density at radius 1 is 1.11 bits per heavy atom. The van der Waals surface area contributed by atoms with E-state index in [2.05, 4.69) is 20.6 Å². The van der Waals surface area contributed by atoms with Crippen molar-refractivity contribution < 1.29 is 26.7 Å². The Morgan fingerprint density at radius 2 is 1.89 bits per heavy atom. The zero-order valence-electron chi connectivity index (χ0n) is 25.1. The van der Waals surface area contributed by atoms with Gasteiger partial charge in [0.15, 0.2) is 9.84 Å². The summed E-state index contributed by atoms with van der Waals surface area (Å²) in [6, 6.07) is 10.1. The van der Waals surface area contributed by atoms with E-state index < -0.39 is 21.7 Å². The van der Waals surface area contributed by atoms with Gasteiger partial charge in [0.25, 0.3) is 5.92 Å². The van der Waals surface area contributed by atoms with Gasteiger partial charge in [-0.05, 0) is 69.8 Å². The first-order valence-corrected chi connectivity index (χ1v) is 17.3. The summed E-state index contributed by atoms with van der Waals surface area (Å²) in [5.41, 5.74) is 2.14. The van der Waals surface area contributed by atoms with E-state index in [-0.39, 0.29) is 23.1 Å². The quantitative estimate of drug-likeness (QED) is 0.193. The van der Waals surface area contributed by atoms with Crippen LogP contribution in [0.4, 0.5) is 20.3 Å². The van der Waals surface area contributed by atoms with Gasteiger partial charge in [-0.25, -0.2) is 27.2 Å². The molecule has 2 fully saturated rings. The van der Waals surface area contributed by atoms with E-state index in [0.29, 0.717) is 80.1 Å². The molecule has 0 amide bonds. The Morgan fingerprint density at radius 3 is 2.64 bits per heavy atom. The molecule has 3 heterocycles. The van der Waals surface area contributed by atoms with E-state index in [1.54, 1.807) is 12.1 Å². The average Bonchev–Trinajstić information content (AvgIpc) is 3.03. The number of anilines is 2. The van der Waals surface area contributed by atoms with Crippen molar-refractivity contribution in [3.63, 3.8) is 0 Å². The first kappa shape index (κ1) is 32.0. The van der Waals surface area contributed by atoms with Gasteiger partial charge in [-0.2, -0.15) is 0 Å². The maximum absolute atomic E-state index is 15.5. The lowest BCUT2D eigenvalue weighted by molar-refractivity contribution is -0.107. The maximum Gasteiger partial charge on any atom is 0.276 e. The number of benzene rings is 2. The molecular weight excluding hydrogens is 588 g/mol. The number of sulfone groups is 1. The Hall–Kier alpha value is -3.38. The molecule has 44 heavy (non-hydrogen) atoms. The van der Waals surface area contributed by atoms with Crippen LogP contribution in [0.5, 0.6) is 5.75 Å². The highest BCUT2D eigenvalue weighted by Gasteiger charge is 2.41. The van der Waals surface area contributed by atoms with Crippen LogP contribution in [0.1, 0.15) is 62.6 Å². The molecule has 0 radical (unpaired) electrons. The molecule has 2 aliphatic heterocycles. The molecule has 3 aromatic rings. The molecule has 5 rings (SSSR count). The zero-order chi connectivity index (χ0) is 31.2. The van der Waals surface area contributed by atoms with Crippen molar-refractivity contribution in [2.24, 2.45) is 5.92 Å². The van der Waals surface area contributed by atoms with Gasteiger partial charge in [0.2, 0.25) is 0 Å². The number of hydrogen-bond donors (Lipinski definition) is 2. The van der Waals surface area contributed by atoms with Gasteiger partial charge in [0, 0.05) is 54.2 Å². The van der Waals surface area contributed by atoms with Crippen molar-refractivity contribution >= 4 is 38.5 Å². The van der Waals surface area contributed by atoms with Crippen LogP contribution in [-0.2, 0) is 20.6 Å².